The first-order chi connectivity index (χ1) is 66.5. The Morgan fingerprint density at radius 1 is 0.421 bits per heavy atom. The molecule has 12 rings (SSSR count). The average molecular weight is 2310 g/mol. The Hall–Kier alpha value is -6.29. The number of aliphatic hydroxyl groups excluding tert-OH is 9. The van der Waals surface area contributed by atoms with E-state index in [1.54, 1.807) is 142 Å². The molecule has 2 aliphatic heterocycles. The minimum absolute atomic E-state index is 0. The van der Waals surface area contributed by atoms with Crippen LogP contribution in [0.5, 0.6) is 0 Å². The van der Waals surface area contributed by atoms with Crippen molar-refractivity contribution in [2.24, 2.45) is 44.6 Å². The fourth-order valence-electron chi connectivity index (χ4n) is 11.5. The van der Waals surface area contributed by atoms with Gasteiger partial charge in [0.15, 0.2) is 18.0 Å². The number of nitrogens with two attached hydrogens (primary N) is 5. The number of hydrogen-bond donors (Lipinski definition) is 15. The van der Waals surface area contributed by atoms with Crippen LogP contribution < -0.4 is 80.1 Å². The molecule has 0 spiro atoms. The van der Waals surface area contributed by atoms with Gasteiger partial charge in [0.05, 0.1) is 68.8 Å². The van der Waals surface area contributed by atoms with Gasteiger partial charge < -0.3 is 100 Å². The molecule has 2 aliphatic rings. The molecule has 10 aromatic rings. The molecule has 0 saturated heterocycles. The molecule has 10 aromatic carbocycles. The van der Waals surface area contributed by atoms with E-state index in [4.69, 9.17) is 183 Å². The Bertz CT molecular complexity index is 5010. The van der Waals surface area contributed by atoms with Crippen LogP contribution in [-0.2, 0) is 47.4 Å². The predicted molar refractivity (Wildman–Crippen MR) is 570 cm³/mol. The Morgan fingerprint density at radius 3 is 0.910 bits per heavy atom. The van der Waals surface area contributed by atoms with E-state index in [0.29, 0.717) is 85.4 Å². The van der Waals surface area contributed by atoms with Gasteiger partial charge in [0.1, 0.15) is 61.9 Å². The first-order valence-electron chi connectivity index (χ1n) is 41.7. The average Bonchev–Trinajstić information content (AvgIpc) is 1.67. The van der Waals surface area contributed by atoms with Crippen molar-refractivity contribution in [2.45, 2.75) is 140 Å². The van der Waals surface area contributed by atoms with Crippen molar-refractivity contribution < 1.29 is 168 Å². The zero-order valence-electron chi connectivity index (χ0n) is 78.1. The van der Waals surface area contributed by atoms with Gasteiger partial charge in [0.2, 0.25) is 21.0 Å². The summed E-state index contributed by atoms with van der Waals surface area (Å²) >= 11 is 55.3. The summed E-state index contributed by atoms with van der Waals surface area (Å²) in [5.74, 6) is -3.96. The van der Waals surface area contributed by atoms with E-state index in [2.05, 4.69) is 31.3 Å². The largest absolute Gasteiger partial charge is 1.00 e. The Morgan fingerprint density at radius 2 is 0.669 bits per heavy atom. The van der Waals surface area contributed by atoms with Crippen molar-refractivity contribution in [3.63, 3.8) is 0 Å². The van der Waals surface area contributed by atoms with Gasteiger partial charge in [-0.25, -0.2) is 31.8 Å². The molecule has 0 aliphatic carbocycles. The van der Waals surface area contributed by atoms with E-state index in [1.807, 2.05) is 97.1 Å². The zero-order chi connectivity index (χ0) is 105. The van der Waals surface area contributed by atoms with E-state index < -0.39 is 151 Å². The molecule has 0 amide bonds. The van der Waals surface area contributed by atoms with Crippen LogP contribution in [0, 0.1) is 5.92 Å². The van der Waals surface area contributed by atoms with Crippen molar-refractivity contribution in [1.82, 2.24) is 0 Å². The summed E-state index contributed by atoms with van der Waals surface area (Å²) in [5.41, 5.74) is 33.8. The number of ether oxygens (including phenoxy) is 4. The molecule has 145 heavy (non-hydrogen) atoms. The Balaban J connectivity index is -0.000000511. The molecule has 0 unspecified atom stereocenters. The number of Topliss-reactive ketones (excluding diaryl/α,β-unsaturated/α-hetero) is 1. The van der Waals surface area contributed by atoms with Crippen LogP contribution in [0.3, 0.4) is 0 Å². The minimum Gasteiger partial charge on any atom is -1.00 e. The smallest absolute Gasteiger partial charge is 1.00 e. The Labute approximate surface area is 950 Å². The number of esters is 2. The molecule has 6 radical (unpaired) electrons. The topological polar surface area (TPSA) is 479 Å². The molecule has 20 N–H and O–H groups in total. The summed E-state index contributed by atoms with van der Waals surface area (Å²) in [6, 6.07) is 66.4. The molecular formula is C98H117B2Cl12F5KN7O19S. The molecule has 0 saturated carbocycles. The van der Waals surface area contributed by atoms with Gasteiger partial charge in [-0.1, -0.05) is 241 Å². The number of carbonyl (C=O) groups excluding carboxylic acids is 3. The van der Waals surface area contributed by atoms with Crippen molar-refractivity contribution in [3.8, 4) is 0 Å². The van der Waals surface area contributed by atoms with Gasteiger partial charge in [-0.05, 0) is 187 Å². The van der Waals surface area contributed by atoms with Gasteiger partial charge in [-0.15, -0.1) is 23.2 Å². The molecule has 2 heterocycles. The summed E-state index contributed by atoms with van der Waals surface area (Å²) in [6.45, 7) is 3.11. The van der Waals surface area contributed by atoms with Crippen LogP contribution in [0.4, 0.5) is 22.0 Å². The number of carboxylic acids is 1. The Kier molecular flexibility index (Phi) is 81.5. The first kappa shape index (κ1) is 145. The molecule has 0 aromatic heterocycles. The first-order valence-corrected chi connectivity index (χ1v) is 48.6. The summed E-state index contributed by atoms with van der Waals surface area (Å²) in [5, 5.41) is 97.1. The fourth-order valence-corrected chi connectivity index (χ4v) is 12.5. The third kappa shape index (κ3) is 55.5. The summed E-state index contributed by atoms with van der Waals surface area (Å²) in [4.78, 5) is 52.7. The second kappa shape index (κ2) is 81.5. The van der Waals surface area contributed by atoms with Crippen LogP contribution in [-0.4, -0.2) is 215 Å². The second-order valence-electron chi connectivity index (χ2n) is 28.8. The number of aliphatic hydroxyl groups is 9. The summed E-state index contributed by atoms with van der Waals surface area (Å²) < 4.78 is 92.4. The standard InChI is InChI=1S/C16H13ClFNO.C16H14ClNO2.C12H12ClF3O2.2C11H14ClNO3.C9H11ClFNO.C9H10ClNO3.C9H12ClNO2.C2H6O.CH2Cl2.2CH4.2B.Cl2OS.K.H/c17-13-8-6-11(7-9-13)15-14(10-18)19-16(20-15)12-4-2-1-3-5-12;17-13-8-6-11(7-9-13)15-14(10-19)18-16(20-15)12-4-2-1-3-5-12;13-9-3-1-7(2-4-9)11(18)8(6-14)5-10(17)12(15)16;2*1-2-16-11(15)9(13)10(14)7-3-5-8(12)6-4-7;10-7-3-1-6(2-4-7)9(13)8(12)5-11;10-6-3-1-5(2-4-6)8(12)7(11)9(13)14;10-7-3-1-6(2-4-7)9(13)8(11)5-12;1-2-3;2-1-3;;;;;1-4(2)3;;/h1-9,14-15H,10H2;1-9,14-15,19H,10H2;1-4,8,11-12,18H,5-6H2;2*3-6,9-10,14H,2,13H2,1H3;1-4,8-9,13H,5,12H2;1-4,7-8,12H,11H2,(H,13,14);1-4,8-9,12-13H,5,11H2;3H,2H2,1H3;1H2;2*1H4;;;;;/q;;;;;;;;;;;;;;;+1;-1/t2*14-,15-;8-,11-;2*9-,10+;8-,9-;7-,8+;8-,9-;;;;;;;;;/m11100101........./s1. The third-order valence-corrected chi connectivity index (χ3v) is 20.8. The quantitative estimate of drug-likeness (QED) is 0.00680. The fraction of sp³-hybridized carbons (Fsp3) is 0.327. The number of hydrogen-bond acceptors (Lipinski definition) is 25. The van der Waals surface area contributed by atoms with E-state index in [9.17, 15) is 76.9 Å². The van der Waals surface area contributed by atoms with Crippen LogP contribution in [0.15, 0.2) is 265 Å². The monoisotopic (exact) mass is 2300 g/mol. The van der Waals surface area contributed by atoms with Crippen molar-refractivity contribution in [3.05, 3.63) is 351 Å². The number of alkyl halides is 7. The van der Waals surface area contributed by atoms with Crippen LogP contribution >= 0.6 is 137 Å². The molecular weight excluding hydrogens is 2190 g/mol. The third-order valence-electron chi connectivity index (χ3n) is 18.8. The summed E-state index contributed by atoms with van der Waals surface area (Å²) in [7, 11) is 7.36. The number of aliphatic imine (C=N–C) groups is 2. The van der Waals surface area contributed by atoms with Crippen LogP contribution in [0.25, 0.3) is 0 Å². The van der Waals surface area contributed by atoms with Gasteiger partial charge in [-0.2, -0.15) is 0 Å². The van der Waals surface area contributed by atoms with E-state index in [1.165, 1.54) is 36.4 Å². The normalized spacial score (nSPS) is 15.5. The maximum atomic E-state index is 13.2. The van der Waals surface area contributed by atoms with Crippen LogP contribution in [0.2, 0.25) is 40.2 Å². The second-order valence-corrected chi connectivity index (χ2v) is 35.6. The van der Waals surface area contributed by atoms with Crippen molar-refractivity contribution in [2.75, 3.05) is 58.4 Å². The molecule has 26 nitrogen and oxygen atoms in total. The number of aliphatic carboxylic acids is 1. The molecule has 0 bridgehead atoms. The van der Waals surface area contributed by atoms with Gasteiger partial charge in [0.25, 0.3) is 6.43 Å². The molecule has 790 valence electrons. The number of nitrogens with zero attached hydrogens (tertiary/aromatic N) is 2. The van der Waals surface area contributed by atoms with Gasteiger partial charge in [-0.3, -0.25) is 23.6 Å². The number of benzene rings is 10. The summed E-state index contributed by atoms with van der Waals surface area (Å²) in [6.07, 6.45) is -11.0. The number of halogens is 17. The maximum absolute atomic E-state index is 13.2. The van der Waals surface area contributed by atoms with E-state index >= 15 is 0 Å². The SMILES string of the molecule is C.C.CCO.CCOC(=O)[C@@H](N)[C@H](O)c1ccc(Cl)cc1.CCOC(=O)[C@@H](N)[C@H](O)c1ccc(Cl)cc1.ClCCl.FC[C@H]1N=C(c2ccccc2)O[C@@H]1c1ccc(Cl)cc1.N[C@H](C(=O)O)[C@H](O)c1ccc(Cl)cc1.N[C@H](CF)[C@H](O)c1ccc(Cl)cc1.N[C@H](CO)[C@H](O)c1ccc(Cl)cc1.O=C(C[C@H](CF)[C@H](O)c1ccc(Cl)cc1)C(F)F.O=S(Cl)Cl.OC[C@H]1N=C(c2ccccc2)O[C@@H]1c1ccc(Cl)cc1.[B].[B].[H-].[K+]. The minimum atomic E-state index is -3.14. The molecule has 0 fully saturated rings. The van der Waals surface area contributed by atoms with E-state index in [-0.39, 0.29) is 135 Å². The van der Waals surface area contributed by atoms with Crippen molar-refractivity contribution >= 4 is 199 Å². The van der Waals surface area contributed by atoms with E-state index in [0.717, 1.165) is 22.3 Å². The molecule has 16 atom stereocenters. The zero-order valence-corrected chi connectivity index (χ0v) is 90.1. The number of ketones is 1. The van der Waals surface area contributed by atoms with Crippen LogP contribution in [0.1, 0.15) is 148 Å². The molecule has 47 heteroatoms. The number of carboxylic acid groups (broad SMARTS) is 1. The van der Waals surface area contributed by atoms with Gasteiger partial charge >= 0.3 is 69.3 Å². The van der Waals surface area contributed by atoms with Gasteiger partial charge in [0, 0.05) is 108 Å². The number of carbonyl (C=O) groups is 4. The maximum Gasteiger partial charge on any atom is 1.00 e. The number of rotatable bonds is 29. The van der Waals surface area contributed by atoms with Crippen molar-refractivity contribution in [1.29, 1.82) is 0 Å². The predicted octanol–water partition coefficient (Wildman–Crippen LogP) is 16.4.